The molecule has 0 unspecified atom stereocenters. The molecule has 1 aliphatic heterocycles. The first kappa shape index (κ1) is 21.3. The molecule has 0 aromatic heterocycles. The lowest BCUT2D eigenvalue weighted by Gasteiger charge is -2.28. The van der Waals surface area contributed by atoms with Crippen LogP contribution in [0.1, 0.15) is 40.0 Å². The highest BCUT2D eigenvalue weighted by Crippen LogP contribution is 2.35. The Balaban J connectivity index is 1.97. The number of halogens is 2. The van der Waals surface area contributed by atoms with E-state index in [9.17, 15) is 9.59 Å². The molecular weight excluding hydrogens is 415 g/mol. The number of anilines is 1. The first-order valence-corrected chi connectivity index (χ1v) is 10.0. The Kier molecular flexibility index (Phi) is 6.87. The van der Waals surface area contributed by atoms with Crippen LogP contribution < -0.4 is 14.8 Å². The molecule has 1 fully saturated rings. The Bertz CT molecular complexity index is 927. The molecule has 1 saturated heterocycles. The number of nitrogens with one attached hydrogen (secondary N) is 1. The van der Waals surface area contributed by atoms with E-state index in [1.54, 1.807) is 29.2 Å². The van der Waals surface area contributed by atoms with E-state index in [0.29, 0.717) is 46.4 Å². The molecule has 1 N–H and O–H groups in total. The molecule has 1 aliphatic rings. The molecular formula is C21H22Cl2N2O4. The monoisotopic (exact) mass is 436 g/mol. The number of hydrogen-bond donors (Lipinski definition) is 1. The Morgan fingerprint density at radius 2 is 1.59 bits per heavy atom. The fourth-order valence-corrected chi connectivity index (χ4v) is 3.56. The maximum Gasteiger partial charge on any atom is 0.256 e. The minimum Gasteiger partial charge on any atom is -0.493 e. The summed E-state index contributed by atoms with van der Waals surface area (Å²) in [6.45, 7) is 1.38. The van der Waals surface area contributed by atoms with Gasteiger partial charge in [-0.05, 0) is 43.5 Å². The summed E-state index contributed by atoms with van der Waals surface area (Å²) >= 11 is 11.9. The number of nitrogens with zero attached hydrogens (tertiary/aromatic N) is 1. The number of benzene rings is 2. The van der Waals surface area contributed by atoms with Gasteiger partial charge in [-0.15, -0.1) is 0 Å². The Morgan fingerprint density at radius 1 is 0.931 bits per heavy atom. The third kappa shape index (κ3) is 4.77. The summed E-state index contributed by atoms with van der Waals surface area (Å²) < 4.78 is 10.7. The van der Waals surface area contributed by atoms with Crippen molar-refractivity contribution < 1.29 is 19.1 Å². The molecule has 3 rings (SSSR count). The van der Waals surface area contributed by atoms with Gasteiger partial charge in [-0.2, -0.15) is 0 Å². The van der Waals surface area contributed by atoms with Gasteiger partial charge < -0.3 is 19.7 Å². The maximum atomic E-state index is 13.1. The molecule has 1 heterocycles. The van der Waals surface area contributed by atoms with Crippen molar-refractivity contribution in [2.24, 2.45) is 0 Å². The molecule has 2 aromatic carbocycles. The highest BCUT2D eigenvalue weighted by molar-refractivity contribution is 6.42. The third-order valence-corrected chi connectivity index (χ3v) is 5.57. The maximum absolute atomic E-state index is 13.1. The van der Waals surface area contributed by atoms with E-state index in [1.807, 2.05) is 0 Å². The second-order valence-electron chi connectivity index (χ2n) is 6.69. The van der Waals surface area contributed by atoms with Gasteiger partial charge in [-0.1, -0.05) is 23.2 Å². The van der Waals surface area contributed by atoms with Gasteiger partial charge in [0.1, 0.15) is 0 Å². The van der Waals surface area contributed by atoms with E-state index < -0.39 is 5.91 Å². The molecule has 0 bridgehead atoms. The quantitative estimate of drug-likeness (QED) is 0.724. The van der Waals surface area contributed by atoms with E-state index in [0.717, 1.165) is 19.3 Å². The second-order valence-corrected chi connectivity index (χ2v) is 7.50. The van der Waals surface area contributed by atoms with Crippen LogP contribution >= 0.6 is 23.2 Å². The first-order valence-electron chi connectivity index (χ1n) is 9.26. The zero-order valence-electron chi connectivity index (χ0n) is 16.3. The van der Waals surface area contributed by atoms with Crippen molar-refractivity contribution in [3.8, 4) is 11.5 Å². The van der Waals surface area contributed by atoms with Gasteiger partial charge >= 0.3 is 0 Å². The zero-order chi connectivity index (χ0) is 21.0. The van der Waals surface area contributed by atoms with Crippen LogP contribution in [0.3, 0.4) is 0 Å². The summed E-state index contributed by atoms with van der Waals surface area (Å²) in [6.07, 6.45) is 3.03. The topological polar surface area (TPSA) is 67.9 Å². The normalized spacial score (nSPS) is 13.7. The van der Waals surface area contributed by atoms with E-state index in [2.05, 4.69) is 5.32 Å². The summed E-state index contributed by atoms with van der Waals surface area (Å²) in [5.74, 6) is 0.256. The fourth-order valence-electron chi connectivity index (χ4n) is 3.26. The zero-order valence-corrected chi connectivity index (χ0v) is 17.8. The van der Waals surface area contributed by atoms with Gasteiger partial charge in [0.15, 0.2) is 11.5 Å². The number of likely N-dealkylation sites (tertiary alicyclic amines) is 1. The molecule has 2 amide bonds. The van der Waals surface area contributed by atoms with Crippen LogP contribution in [0.4, 0.5) is 5.69 Å². The highest BCUT2D eigenvalue weighted by atomic mass is 35.5. The van der Waals surface area contributed by atoms with Crippen LogP contribution in [0.5, 0.6) is 11.5 Å². The summed E-state index contributed by atoms with van der Waals surface area (Å²) in [4.78, 5) is 27.7. The Hall–Kier alpha value is -2.44. The summed E-state index contributed by atoms with van der Waals surface area (Å²) in [5.41, 5.74) is 1.01. The van der Waals surface area contributed by atoms with Crippen LogP contribution in [0.15, 0.2) is 30.3 Å². The molecule has 6 nitrogen and oxygen atoms in total. The van der Waals surface area contributed by atoms with Crippen molar-refractivity contribution in [1.82, 2.24) is 4.90 Å². The average Bonchev–Trinajstić information content (AvgIpc) is 2.75. The van der Waals surface area contributed by atoms with Gasteiger partial charge in [-0.25, -0.2) is 0 Å². The van der Waals surface area contributed by atoms with Crippen molar-refractivity contribution in [2.75, 3.05) is 32.6 Å². The lowest BCUT2D eigenvalue weighted by Crippen LogP contribution is -2.36. The molecule has 29 heavy (non-hydrogen) atoms. The van der Waals surface area contributed by atoms with Gasteiger partial charge in [0, 0.05) is 24.7 Å². The SMILES string of the molecule is COc1cc(NC(=O)c2ccc(Cl)c(Cl)c2)c(C(=O)N2CCCCC2)cc1OC. The average molecular weight is 437 g/mol. The molecule has 0 radical (unpaired) electrons. The molecule has 0 atom stereocenters. The Morgan fingerprint density at radius 3 is 2.21 bits per heavy atom. The van der Waals surface area contributed by atoms with Gasteiger partial charge in [0.2, 0.25) is 0 Å². The number of methoxy groups -OCH3 is 2. The van der Waals surface area contributed by atoms with E-state index in [1.165, 1.54) is 20.3 Å². The van der Waals surface area contributed by atoms with Gasteiger partial charge in [0.25, 0.3) is 11.8 Å². The lowest BCUT2D eigenvalue weighted by atomic mass is 10.1. The number of amides is 2. The standard InChI is InChI=1S/C21H22Cl2N2O4/c1-28-18-11-14(21(27)25-8-4-3-5-9-25)17(12-19(18)29-2)24-20(26)13-6-7-15(22)16(23)10-13/h6-7,10-12H,3-5,8-9H2,1-2H3,(H,24,26). The molecule has 8 heteroatoms. The molecule has 0 aliphatic carbocycles. The summed E-state index contributed by atoms with van der Waals surface area (Å²) in [5, 5.41) is 3.43. The largest absolute Gasteiger partial charge is 0.493 e. The highest BCUT2D eigenvalue weighted by Gasteiger charge is 2.24. The number of carbonyl (C=O) groups is 2. The van der Waals surface area contributed by atoms with Crippen LogP contribution in [-0.2, 0) is 0 Å². The van der Waals surface area contributed by atoms with Gasteiger partial charge in [-0.3, -0.25) is 9.59 Å². The molecule has 154 valence electrons. The van der Waals surface area contributed by atoms with Crippen molar-refractivity contribution in [3.05, 3.63) is 51.5 Å². The number of piperidine rings is 1. The summed E-state index contributed by atoms with van der Waals surface area (Å²) in [6, 6.07) is 7.78. The van der Waals surface area contributed by atoms with Crippen molar-refractivity contribution in [1.29, 1.82) is 0 Å². The van der Waals surface area contributed by atoms with Crippen LogP contribution in [-0.4, -0.2) is 44.0 Å². The minimum atomic E-state index is -0.413. The number of carbonyl (C=O) groups excluding carboxylic acids is 2. The van der Waals surface area contributed by atoms with Crippen molar-refractivity contribution >= 4 is 40.7 Å². The fraction of sp³-hybridized carbons (Fsp3) is 0.333. The number of ether oxygens (including phenoxy) is 2. The van der Waals surface area contributed by atoms with Crippen LogP contribution in [0.25, 0.3) is 0 Å². The third-order valence-electron chi connectivity index (χ3n) is 4.83. The first-order chi connectivity index (χ1) is 13.9. The van der Waals surface area contributed by atoms with Crippen LogP contribution in [0.2, 0.25) is 10.0 Å². The van der Waals surface area contributed by atoms with E-state index in [4.69, 9.17) is 32.7 Å². The molecule has 0 saturated carbocycles. The predicted octanol–water partition coefficient (Wildman–Crippen LogP) is 4.89. The van der Waals surface area contributed by atoms with E-state index in [-0.39, 0.29) is 10.9 Å². The Labute approximate surface area is 179 Å². The summed E-state index contributed by atoms with van der Waals surface area (Å²) in [7, 11) is 3.00. The number of rotatable bonds is 5. The van der Waals surface area contributed by atoms with Crippen LogP contribution in [0, 0.1) is 0 Å². The lowest BCUT2D eigenvalue weighted by molar-refractivity contribution is 0.0725. The van der Waals surface area contributed by atoms with Crippen molar-refractivity contribution in [3.63, 3.8) is 0 Å². The smallest absolute Gasteiger partial charge is 0.256 e. The molecule has 2 aromatic rings. The minimum absolute atomic E-state index is 0.157. The molecule has 0 spiro atoms. The second kappa shape index (κ2) is 9.37. The van der Waals surface area contributed by atoms with E-state index >= 15 is 0 Å². The van der Waals surface area contributed by atoms with Gasteiger partial charge in [0.05, 0.1) is 35.5 Å². The predicted molar refractivity (Wildman–Crippen MR) is 114 cm³/mol. The van der Waals surface area contributed by atoms with Crippen molar-refractivity contribution in [2.45, 2.75) is 19.3 Å². The number of hydrogen-bond acceptors (Lipinski definition) is 4.